The summed E-state index contributed by atoms with van der Waals surface area (Å²) in [6.07, 6.45) is 8.27. The number of carboxylic acids is 2. The summed E-state index contributed by atoms with van der Waals surface area (Å²) in [7, 11) is 0. The van der Waals surface area contributed by atoms with Crippen LogP contribution in [0.4, 0.5) is 0 Å². The lowest BCUT2D eigenvalue weighted by atomic mass is 9.47. The summed E-state index contributed by atoms with van der Waals surface area (Å²) in [6, 6.07) is 6.47. The molecule has 2 amide bonds. The Morgan fingerprint density at radius 3 is 2.21 bits per heavy atom. The number of aliphatic carboxylic acids is 2. The molecule has 234 valence electrons. The minimum Gasteiger partial charge on any atom is -0.473 e. The Labute approximate surface area is 250 Å². The van der Waals surface area contributed by atoms with E-state index >= 15 is 0 Å². The van der Waals surface area contributed by atoms with Gasteiger partial charge < -0.3 is 31.3 Å². The first-order valence-corrected chi connectivity index (χ1v) is 15.3. The number of hydrogen-bond donors (Lipinski definition) is 5. The fourth-order valence-corrected chi connectivity index (χ4v) is 8.43. The van der Waals surface area contributed by atoms with Crippen molar-refractivity contribution < 1.29 is 34.5 Å². The van der Waals surface area contributed by atoms with Crippen molar-refractivity contribution >= 4 is 34.7 Å². The second kappa shape index (κ2) is 11.9. The third-order valence-corrected chi connectivity index (χ3v) is 9.86. The Bertz CT molecular complexity index is 1380. The number of nitrogens with one attached hydrogen (secondary N) is 1. The molecule has 1 aromatic heterocycles. The number of carboxylic acid groups (broad SMARTS) is 2. The van der Waals surface area contributed by atoms with Gasteiger partial charge in [-0.25, -0.2) is 9.59 Å². The van der Waals surface area contributed by atoms with Crippen LogP contribution in [0.3, 0.4) is 0 Å². The van der Waals surface area contributed by atoms with Gasteiger partial charge in [-0.3, -0.25) is 14.3 Å². The van der Waals surface area contributed by atoms with Crippen molar-refractivity contribution in [3.63, 3.8) is 0 Å². The number of piperidine rings is 1. The van der Waals surface area contributed by atoms with Gasteiger partial charge in [-0.2, -0.15) is 5.10 Å². The van der Waals surface area contributed by atoms with E-state index in [4.69, 9.17) is 25.5 Å². The average molecular weight is 598 g/mol. The molecule has 7 rings (SSSR count). The van der Waals surface area contributed by atoms with Crippen molar-refractivity contribution in [1.82, 2.24) is 20.0 Å². The van der Waals surface area contributed by atoms with Gasteiger partial charge in [0.2, 0.25) is 5.91 Å². The lowest BCUT2D eigenvalue weighted by Crippen LogP contribution is -2.61. The molecule has 12 heteroatoms. The molecule has 2 heterocycles. The minimum absolute atomic E-state index is 0.140. The fourth-order valence-electron chi connectivity index (χ4n) is 8.43. The third-order valence-electron chi connectivity index (χ3n) is 9.86. The summed E-state index contributed by atoms with van der Waals surface area (Å²) >= 11 is 0. The molecule has 4 saturated carbocycles. The maximum atomic E-state index is 13.5. The number of rotatable bonds is 7. The van der Waals surface area contributed by atoms with E-state index in [2.05, 4.69) is 35.2 Å². The summed E-state index contributed by atoms with van der Waals surface area (Å²) in [5.41, 5.74) is 7.16. The zero-order valence-corrected chi connectivity index (χ0v) is 24.9. The van der Waals surface area contributed by atoms with E-state index in [1.165, 1.54) is 6.42 Å². The first-order chi connectivity index (χ1) is 20.3. The highest BCUT2D eigenvalue weighted by atomic mass is 16.4. The van der Waals surface area contributed by atoms with E-state index in [0.29, 0.717) is 24.0 Å². The van der Waals surface area contributed by atoms with Crippen LogP contribution in [-0.4, -0.2) is 85.0 Å². The van der Waals surface area contributed by atoms with Crippen LogP contribution < -0.4 is 11.1 Å². The van der Waals surface area contributed by atoms with Gasteiger partial charge in [-0.15, -0.1) is 0 Å². The highest BCUT2D eigenvalue weighted by Gasteiger charge is 2.60. The molecule has 6 N–H and O–H groups in total. The predicted molar refractivity (Wildman–Crippen MR) is 157 cm³/mol. The van der Waals surface area contributed by atoms with Gasteiger partial charge in [0.25, 0.3) is 5.91 Å². The van der Waals surface area contributed by atoms with Gasteiger partial charge in [0, 0.05) is 37.1 Å². The van der Waals surface area contributed by atoms with Crippen LogP contribution >= 0.6 is 0 Å². The van der Waals surface area contributed by atoms with Gasteiger partial charge in [0.15, 0.2) is 5.69 Å². The first kappa shape index (κ1) is 30.9. The average Bonchev–Trinajstić information content (AvgIpc) is 3.33. The highest BCUT2D eigenvalue weighted by Crippen LogP contribution is 2.61. The Morgan fingerprint density at radius 1 is 1.05 bits per heavy atom. The van der Waals surface area contributed by atoms with Crippen LogP contribution in [0, 0.1) is 17.3 Å². The number of likely N-dealkylation sites (tertiary alicyclic amines) is 1. The lowest BCUT2D eigenvalue weighted by Gasteiger charge is -2.59. The van der Waals surface area contributed by atoms with E-state index in [1.807, 2.05) is 16.8 Å². The van der Waals surface area contributed by atoms with Crippen LogP contribution in [0.5, 0.6) is 0 Å². The smallest absolute Gasteiger partial charge is 0.414 e. The van der Waals surface area contributed by atoms with Crippen LogP contribution in [0.1, 0.15) is 87.3 Å². The van der Waals surface area contributed by atoms with Crippen molar-refractivity contribution in [1.29, 1.82) is 0 Å². The van der Waals surface area contributed by atoms with Gasteiger partial charge in [-0.05, 0) is 95.1 Å². The summed E-state index contributed by atoms with van der Waals surface area (Å²) in [5, 5.41) is 34.6. The molecular formula is C31H43N5O7. The molecule has 1 aliphatic heterocycles. The van der Waals surface area contributed by atoms with Gasteiger partial charge in [0.05, 0.1) is 16.5 Å². The molecule has 5 aliphatic rings. The maximum Gasteiger partial charge on any atom is 0.414 e. The number of hydrogen-bond acceptors (Lipinski definition) is 7. The summed E-state index contributed by atoms with van der Waals surface area (Å²) < 4.78 is 1.88. The SMILES string of the molecule is CC(C)n1nc(C(N)=O)c2c(CCN3CCC(NC(=O)C45CC6CC(CC(O)(C6)C4)C5)CC3)cccc21.O=C(O)C(=O)O. The highest BCUT2D eigenvalue weighted by molar-refractivity contribution is 6.27. The molecule has 4 aliphatic carbocycles. The second-order valence-electron chi connectivity index (χ2n) is 13.5. The summed E-state index contributed by atoms with van der Waals surface area (Å²) in [5.74, 6) is -2.90. The van der Waals surface area contributed by atoms with Crippen LogP contribution in [0.25, 0.3) is 10.9 Å². The quantitative estimate of drug-likeness (QED) is 0.298. The standard InChI is InChI=1S/C29H41N5O3.C2H2O4/c1-18(2)34-23-5-3-4-21(24(23)25(32-34)26(30)35)6-9-33-10-7-22(8-11-33)31-27(36)28-13-19-12-20(14-28)16-29(37,15-19)17-28;3-1(4)2(5)6/h3-5,18-20,22,37H,6-17H2,1-2H3,(H2,30,35)(H,31,36);(H,3,4)(H,5,6). The zero-order valence-electron chi connectivity index (χ0n) is 24.9. The zero-order chi connectivity index (χ0) is 31.1. The van der Waals surface area contributed by atoms with Gasteiger partial charge in [-0.1, -0.05) is 12.1 Å². The molecule has 0 radical (unpaired) electrons. The molecule has 5 fully saturated rings. The number of amides is 2. The van der Waals surface area contributed by atoms with Crippen LogP contribution in [0.15, 0.2) is 18.2 Å². The van der Waals surface area contributed by atoms with Crippen LogP contribution in [-0.2, 0) is 20.8 Å². The Kier molecular flexibility index (Phi) is 8.54. The Morgan fingerprint density at radius 2 is 1.67 bits per heavy atom. The van der Waals surface area contributed by atoms with E-state index in [0.717, 1.165) is 81.0 Å². The molecule has 0 spiro atoms. The lowest BCUT2D eigenvalue weighted by molar-refractivity contribution is -0.178. The molecule has 2 atom stereocenters. The summed E-state index contributed by atoms with van der Waals surface area (Å²) in [4.78, 5) is 46.3. The number of carbonyl (C=O) groups is 4. The number of nitrogens with two attached hydrogens (primary N) is 1. The Hall–Kier alpha value is -3.51. The van der Waals surface area contributed by atoms with Crippen molar-refractivity contribution in [3.05, 3.63) is 29.5 Å². The second-order valence-corrected chi connectivity index (χ2v) is 13.5. The minimum atomic E-state index is -1.82. The van der Waals surface area contributed by atoms with Gasteiger partial charge in [0.1, 0.15) is 0 Å². The van der Waals surface area contributed by atoms with E-state index in [-0.39, 0.29) is 23.4 Å². The van der Waals surface area contributed by atoms with E-state index < -0.39 is 23.4 Å². The molecular weight excluding hydrogens is 554 g/mol. The number of fused-ring (bicyclic) bond motifs is 1. The fraction of sp³-hybridized carbons (Fsp3) is 0.645. The predicted octanol–water partition coefficient (Wildman–Crippen LogP) is 2.33. The number of primary amides is 1. The van der Waals surface area contributed by atoms with Gasteiger partial charge >= 0.3 is 11.9 Å². The number of carbonyl (C=O) groups excluding carboxylic acids is 2. The monoisotopic (exact) mass is 597 g/mol. The van der Waals surface area contributed by atoms with E-state index in [9.17, 15) is 14.7 Å². The molecule has 1 aromatic carbocycles. The molecule has 43 heavy (non-hydrogen) atoms. The molecule has 4 bridgehead atoms. The third kappa shape index (κ3) is 6.40. The first-order valence-electron chi connectivity index (χ1n) is 15.3. The number of aromatic nitrogens is 2. The molecule has 2 aromatic rings. The van der Waals surface area contributed by atoms with Crippen LogP contribution in [0.2, 0.25) is 0 Å². The molecule has 1 saturated heterocycles. The van der Waals surface area contributed by atoms with Crippen molar-refractivity contribution in [2.75, 3.05) is 19.6 Å². The summed E-state index contributed by atoms with van der Waals surface area (Å²) in [6.45, 7) is 6.88. The topological polar surface area (TPSA) is 188 Å². The number of nitrogens with zero attached hydrogens (tertiary/aromatic N) is 3. The Balaban J connectivity index is 0.000000559. The van der Waals surface area contributed by atoms with Crippen molar-refractivity contribution in [3.8, 4) is 0 Å². The largest absolute Gasteiger partial charge is 0.473 e. The number of aliphatic hydroxyl groups is 1. The normalized spacial score (nSPS) is 28.5. The molecule has 12 nitrogen and oxygen atoms in total. The van der Waals surface area contributed by atoms with E-state index in [1.54, 1.807) is 0 Å². The number of benzene rings is 1. The molecule has 2 unspecified atom stereocenters. The van der Waals surface area contributed by atoms with Crippen molar-refractivity contribution in [2.24, 2.45) is 23.0 Å². The maximum absolute atomic E-state index is 13.5. The van der Waals surface area contributed by atoms with Crippen molar-refractivity contribution in [2.45, 2.75) is 89.3 Å².